The van der Waals surface area contributed by atoms with Crippen LogP contribution in [0.15, 0.2) is 24.3 Å². The molecule has 0 bridgehead atoms. The molecular formula is C19H29NO2S2Si. The molecule has 0 spiro atoms. The lowest BCUT2D eigenvalue weighted by molar-refractivity contribution is -0.139. The predicted octanol–water partition coefficient (Wildman–Crippen LogP) is 5.19. The van der Waals surface area contributed by atoms with E-state index in [9.17, 15) is 4.79 Å². The Morgan fingerprint density at radius 1 is 1.32 bits per heavy atom. The maximum Gasteiger partial charge on any atom is 0.237 e. The minimum atomic E-state index is -1.73. The summed E-state index contributed by atoms with van der Waals surface area (Å²) in [6, 6.07) is 8.11. The Bertz CT molecular complexity index is 638. The number of aryl methyl sites for hydroxylation is 1. The fourth-order valence-corrected chi connectivity index (χ4v) is 4.67. The molecular weight excluding hydrogens is 366 g/mol. The molecule has 6 heteroatoms. The van der Waals surface area contributed by atoms with Crippen molar-refractivity contribution in [2.45, 2.75) is 52.2 Å². The van der Waals surface area contributed by atoms with Gasteiger partial charge in [0.1, 0.15) is 0 Å². The van der Waals surface area contributed by atoms with Crippen LogP contribution in [0.5, 0.6) is 0 Å². The smallest absolute Gasteiger partial charge is 0.237 e. The van der Waals surface area contributed by atoms with E-state index in [1.54, 1.807) is 4.31 Å². The Kier molecular flexibility index (Phi) is 6.52. The van der Waals surface area contributed by atoms with Gasteiger partial charge in [-0.15, -0.1) is 0 Å². The molecule has 138 valence electrons. The molecule has 1 amide bonds. The zero-order valence-corrected chi connectivity index (χ0v) is 18.7. The number of rotatable bonds is 6. The van der Waals surface area contributed by atoms with E-state index in [1.807, 2.05) is 24.3 Å². The topological polar surface area (TPSA) is 29.5 Å². The number of β-lactam (4-membered cyclic amide) rings is 1. The lowest BCUT2D eigenvalue weighted by Gasteiger charge is -2.39. The lowest BCUT2D eigenvalue weighted by atomic mass is 9.99. The summed E-state index contributed by atoms with van der Waals surface area (Å²) >= 11 is 6.84. The summed E-state index contributed by atoms with van der Waals surface area (Å²) in [6.07, 6.45) is 0.805. The van der Waals surface area contributed by atoms with E-state index in [2.05, 4.69) is 40.8 Å². The fourth-order valence-electron chi connectivity index (χ4n) is 2.27. The van der Waals surface area contributed by atoms with Crippen LogP contribution in [-0.2, 0) is 9.22 Å². The first kappa shape index (κ1) is 20.6. The molecule has 1 saturated heterocycles. The van der Waals surface area contributed by atoms with Crippen molar-refractivity contribution in [2.75, 3.05) is 13.2 Å². The van der Waals surface area contributed by atoms with Gasteiger partial charge in [0.05, 0.1) is 10.1 Å². The van der Waals surface area contributed by atoms with E-state index in [-0.39, 0.29) is 16.9 Å². The van der Waals surface area contributed by atoms with Crippen LogP contribution in [0.2, 0.25) is 18.1 Å². The van der Waals surface area contributed by atoms with E-state index in [0.717, 1.165) is 22.7 Å². The first-order chi connectivity index (χ1) is 11.5. The molecule has 1 aromatic rings. The van der Waals surface area contributed by atoms with Gasteiger partial charge in [-0.3, -0.25) is 9.10 Å². The third kappa shape index (κ3) is 5.15. The van der Waals surface area contributed by atoms with E-state index >= 15 is 0 Å². The number of nitrogens with zero attached hydrogens (tertiary/aromatic N) is 1. The molecule has 0 N–H and O–H groups in total. The summed E-state index contributed by atoms with van der Waals surface area (Å²) in [5, 5.41) is 0.207. The van der Waals surface area contributed by atoms with Crippen LogP contribution in [-0.4, -0.2) is 35.9 Å². The molecule has 1 heterocycles. The molecule has 0 unspecified atom stereocenters. The normalized spacial score (nSPS) is 18.2. The van der Waals surface area contributed by atoms with Gasteiger partial charge in [-0.1, -0.05) is 62.8 Å². The van der Waals surface area contributed by atoms with Crippen molar-refractivity contribution in [3.8, 4) is 0 Å². The molecule has 1 atom stereocenters. The van der Waals surface area contributed by atoms with Crippen LogP contribution < -0.4 is 0 Å². The SMILES string of the molecule is Cc1ccc(C(=S)SN2C[C@H](CCO[Si](C)(C)C(C)(C)C)C2=O)cc1. The quantitative estimate of drug-likeness (QED) is 0.287. The standard InChI is InChI=1S/C19H29NO2S2Si/c1-14-7-9-15(10-8-14)18(23)24-20-13-16(17(20)21)11-12-22-25(5,6)19(2,3)4/h7-10,16H,11-13H2,1-6H3/t16-/m0/s1. The molecule has 2 rings (SSSR count). The van der Waals surface area contributed by atoms with E-state index < -0.39 is 8.32 Å². The van der Waals surface area contributed by atoms with Crippen molar-refractivity contribution in [1.29, 1.82) is 0 Å². The second kappa shape index (κ2) is 7.90. The van der Waals surface area contributed by atoms with E-state index in [1.165, 1.54) is 17.5 Å². The van der Waals surface area contributed by atoms with Crippen molar-refractivity contribution < 1.29 is 9.22 Å². The number of carbonyl (C=O) groups is 1. The van der Waals surface area contributed by atoms with Gasteiger partial charge in [-0.25, -0.2) is 0 Å². The Morgan fingerprint density at radius 2 is 1.92 bits per heavy atom. The molecule has 0 saturated carbocycles. The monoisotopic (exact) mass is 395 g/mol. The molecule has 3 nitrogen and oxygen atoms in total. The van der Waals surface area contributed by atoms with Gasteiger partial charge in [0.15, 0.2) is 8.32 Å². The molecule has 1 aromatic carbocycles. The number of hydrogen-bond donors (Lipinski definition) is 0. The Balaban J connectivity index is 1.76. The Hall–Kier alpha value is -0.693. The number of carbonyl (C=O) groups excluding carboxylic acids is 1. The zero-order chi connectivity index (χ0) is 18.8. The number of amides is 1. The van der Waals surface area contributed by atoms with Crippen LogP contribution >= 0.6 is 24.2 Å². The highest BCUT2D eigenvalue weighted by Crippen LogP contribution is 2.37. The molecule has 0 aliphatic carbocycles. The van der Waals surface area contributed by atoms with Crippen LogP contribution in [0.4, 0.5) is 0 Å². The average Bonchev–Trinajstić information content (AvgIpc) is 2.52. The van der Waals surface area contributed by atoms with Crippen LogP contribution in [0.1, 0.15) is 38.3 Å². The van der Waals surface area contributed by atoms with E-state index in [4.69, 9.17) is 16.6 Å². The molecule has 1 fully saturated rings. The minimum absolute atomic E-state index is 0.0816. The highest BCUT2D eigenvalue weighted by atomic mass is 32.2. The van der Waals surface area contributed by atoms with Crippen molar-refractivity contribution in [2.24, 2.45) is 5.92 Å². The zero-order valence-electron chi connectivity index (χ0n) is 16.1. The van der Waals surface area contributed by atoms with Crippen molar-refractivity contribution >= 4 is 42.6 Å². The second-order valence-electron chi connectivity index (χ2n) is 8.24. The third-order valence-corrected chi connectivity index (χ3v) is 11.1. The first-order valence-corrected chi connectivity index (χ1v) is 12.8. The summed E-state index contributed by atoms with van der Waals surface area (Å²) in [4.78, 5) is 12.3. The maximum atomic E-state index is 12.3. The van der Waals surface area contributed by atoms with Crippen LogP contribution in [0.25, 0.3) is 0 Å². The Labute approximate surface area is 162 Å². The number of hydrogen-bond acceptors (Lipinski definition) is 4. The molecule has 0 radical (unpaired) electrons. The van der Waals surface area contributed by atoms with Crippen molar-refractivity contribution in [3.05, 3.63) is 35.4 Å². The second-order valence-corrected chi connectivity index (χ2v) is 14.7. The highest BCUT2D eigenvalue weighted by molar-refractivity contribution is 8.22. The average molecular weight is 396 g/mol. The molecule has 0 aromatic heterocycles. The molecule has 1 aliphatic heterocycles. The minimum Gasteiger partial charge on any atom is -0.417 e. The van der Waals surface area contributed by atoms with Crippen molar-refractivity contribution in [3.63, 3.8) is 0 Å². The summed E-state index contributed by atoms with van der Waals surface area (Å²) in [5.74, 6) is 0.261. The van der Waals surface area contributed by atoms with Gasteiger partial charge in [0, 0.05) is 30.7 Å². The summed E-state index contributed by atoms with van der Waals surface area (Å²) in [6.45, 7) is 14.7. The van der Waals surface area contributed by atoms with Gasteiger partial charge in [0.2, 0.25) is 5.91 Å². The summed E-state index contributed by atoms with van der Waals surface area (Å²) < 4.78 is 8.71. The summed E-state index contributed by atoms with van der Waals surface area (Å²) in [7, 11) is -1.73. The fraction of sp³-hybridized carbons (Fsp3) is 0.579. The number of thiocarbonyl (C=S) groups is 1. The summed E-state index contributed by atoms with van der Waals surface area (Å²) in [5.41, 5.74) is 2.21. The van der Waals surface area contributed by atoms with Gasteiger partial charge >= 0.3 is 0 Å². The Morgan fingerprint density at radius 3 is 2.44 bits per heavy atom. The maximum absolute atomic E-state index is 12.3. The highest BCUT2D eigenvalue weighted by Gasteiger charge is 2.40. The first-order valence-electron chi connectivity index (χ1n) is 8.75. The molecule has 25 heavy (non-hydrogen) atoms. The van der Waals surface area contributed by atoms with Gasteiger partial charge in [-0.2, -0.15) is 0 Å². The predicted molar refractivity (Wildman–Crippen MR) is 113 cm³/mol. The van der Waals surface area contributed by atoms with Crippen LogP contribution in [0.3, 0.4) is 0 Å². The van der Waals surface area contributed by atoms with Gasteiger partial charge in [-0.05, 0) is 31.5 Å². The van der Waals surface area contributed by atoms with Crippen molar-refractivity contribution in [1.82, 2.24) is 4.31 Å². The van der Waals surface area contributed by atoms with Gasteiger partial charge < -0.3 is 4.43 Å². The molecule has 1 aliphatic rings. The lowest BCUT2D eigenvalue weighted by Crippen LogP contribution is -2.49. The number of benzene rings is 1. The third-order valence-electron chi connectivity index (χ3n) is 5.20. The van der Waals surface area contributed by atoms with Crippen LogP contribution in [0, 0.1) is 12.8 Å². The largest absolute Gasteiger partial charge is 0.417 e. The van der Waals surface area contributed by atoms with Gasteiger partial charge in [0.25, 0.3) is 0 Å². The van der Waals surface area contributed by atoms with E-state index in [0.29, 0.717) is 6.61 Å².